The zero-order valence-corrected chi connectivity index (χ0v) is 18.5. The quantitative estimate of drug-likeness (QED) is 0.540. The van der Waals surface area contributed by atoms with Crippen molar-refractivity contribution >= 4 is 22.0 Å². The van der Waals surface area contributed by atoms with E-state index in [1.54, 1.807) is 12.0 Å². The summed E-state index contributed by atoms with van der Waals surface area (Å²) in [5, 5.41) is 0. The third kappa shape index (κ3) is 7.90. The minimum Gasteiger partial charge on any atom is -0.489 e. The number of rotatable bonds is 8. The Balaban J connectivity index is 2.10. The number of methoxy groups -OCH3 is 1. The average molecular weight is 450 g/mol. The van der Waals surface area contributed by atoms with E-state index in [4.69, 9.17) is 14.2 Å². The van der Waals surface area contributed by atoms with E-state index in [1.807, 2.05) is 69.3 Å². The lowest BCUT2D eigenvalue weighted by atomic mass is 10.2. The molecule has 6 heteroatoms. The number of ether oxygens (including phenoxy) is 3. The molecule has 0 saturated heterocycles. The van der Waals surface area contributed by atoms with Gasteiger partial charge in [-0.25, -0.2) is 4.79 Å². The molecule has 0 heterocycles. The largest absolute Gasteiger partial charge is 0.489 e. The van der Waals surface area contributed by atoms with Gasteiger partial charge in [0.2, 0.25) is 0 Å². The van der Waals surface area contributed by atoms with Crippen molar-refractivity contribution in [3.05, 3.63) is 64.1 Å². The van der Waals surface area contributed by atoms with Gasteiger partial charge in [0, 0.05) is 24.7 Å². The summed E-state index contributed by atoms with van der Waals surface area (Å²) in [4.78, 5) is 14.2. The van der Waals surface area contributed by atoms with Crippen molar-refractivity contribution in [2.75, 3.05) is 20.3 Å². The van der Waals surface area contributed by atoms with E-state index in [2.05, 4.69) is 15.9 Å². The zero-order chi connectivity index (χ0) is 20.6. The summed E-state index contributed by atoms with van der Waals surface area (Å²) >= 11 is 3.53. The fraction of sp³-hybridized carbons (Fsp3) is 0.409. The lowest BCUT2D eigenvalue weighted by molar-refractivity contribution is 0.0183. The van der Waals surface area contributed by atoms with Crippen LogP contribution in [0.15, 0.2) is 53.0 Å². The zero-order valence-electron chi connectivity index (χ0n) is 16.9. The summed E-state index contributed by atoms with van der Waals surface area (Å²) in [6.07, 6.45) is -0.365. The molecule has 2 aromatic carbocycles. The Morgan fingerprint density at radius 3 is 2.43 bits per heavy atom. The lowest BCUT2D eigenvalue weighted by Gasteiger charge is -2.27. The summed E-state index contributed by atoms with van der Waals surface area (Å²) in [6.45, 7) is 7.33. The first-order chi connectivity index (χ1) is 13.3. The van der Waals surface area contributed by atoms with Crippen molar-refractivity contribution in [1.29, 1.82) is 0 Å². The number of carbonyl (C=O) groups excluding carboxylic acids is 1. The Hall–Kier alpha value is -2.05. The van der Waals surface area contributed by atoms with Gasteiger partial charge < -0.3 is 19.1 Å². The molecular weight excluding hydrogens is 422 g/mol. The Labute approximate surface area is 175 Å². The van der Waals surface area contributed by atoms with Crippen LogP contribution >= 0.6 is 15.9 Å². The van der Waals surface area contributed by atoms with Crippen molar-refractivity contribution in [3.63, 3.8) is 0 Å². The molecule has 0 unspecified atom stereocenters. The van der Waals surface area contributed by atoms with Gasteiger partial charge in [0.15, 0.2) is 0 Å². The highest BCUT2D eigenvalue weighted by atomic mass is 79.9. The molecule has 28 heavy (non-hydrogen) atoms. The van der Waals surface area contributed by atoms with Gasteiger partial charge in [-0.15, -0.1) is 0 Å². The van der Waals surface area contributed by atoms with Crippen LogP contribution in [0.3, 0.4) is 0 Å². The van der Waals surface area contributed by atoms with Crippen LogP contribution in [0.2, 0.25) is 0 Å². The van der Waals surface area contributed by atoms with Crippen LogP contribution in [0.1, 0.15) is 31.9 Å². The minimum absolute atomic E-state index is 0.365. The molecule has 152 valence electrons. The Kier molecular flexibility index (Phi) is 8.33. The number of hydrogen-bond donors (Lipinski definition) is 0. The third-order valence-electron chi connectivity index (χ3n) is 3.77. The highest BCUT2D eigenvalue weighted by molar-refractivity contribution is 9.10. The van der Waals surface area contributed by atoms with Gasteiger partial charge in [0.25, 0.3) is 0 Å². The molecule has 0 aliphatic heterocycles. The van der Waals surface area contributed by atoms with E-state index in [0.29, 0.717) is 26.3 Å². The van der Waals surface area contributed by atoms with Gasteiger partial charge in [0.1, 0.15) is 18.0 Å². The number of carbonyl (C=O) groups is 1. The average Bonchev–Trinajstić information content (AvgIpc) is 2.62. The van der Waals surface area contributed by atoms with Crippen molar-refractivity contribution < 1.29 is 19.0 Å². The maximum atomic E-state index is 12.6. The van der Waals surface area contributed by atoms with E-state index in [9.17, 15) is 4.79 Å². The molecule has 2 rings (SSSR count). The van der Waals surface area contributed by atoms with Crippen molar-refractivity contribution in [1.82, 2.24) is 4.90 Å². The van der Waals surface area contributed by atoms with E-state index >= 15 is 0 Å². The molecule has 0 fully saturated rings. The predicted octanol–water partition coefficient (Wildman–Crippen LogP) is 5.41. The first kappa shape index (κ1) is 22.2. The van der Waals surface area contributed by atoms with Gasteiger partial charge in [-0.2, -0.15) is 0 Å². The van der Waals surface area contributed by atoms with Crippen LogP contribution < -0.4 is 4.74 Å². The SMILES string of the molecule is COCCN(Cc1cc(Br)cc(OCc2ccccc2)c1)C(=O)OC(C)(C)C. The standard InChI is InChI=1S/C22H28BrNO4/c1-22(2,3)28-21(25)24(10-11-26-4)15-18-12-19(23)14-20(13-18)27-16-17-8-6-5-7-9-17/h5-9,12-14H,10-11,15-16H2,1-4H3. The van der Waals surface area contributed by atoms with Crippen LogP contribution in [0.25, 0.3) is 0 Å². The lowest BCUT2D eigenvalue weighted by Crippen LogP contribution is -2.38. The molecule has 0 aromatic heterocycles. The summed E-state index contributed by atoms with van der Waals surface area (Å²) in [7, 11) is 1.61. The molecule has 2 aromatic rings. The van der Waals surface area contributed by atoms with Gasteiger partial charge in [-0.3, -0.25) is 0 Å². The van der Waals surface area contributed by atoms with Gasteiger partial charge in [0.05, 0.1) is 6.61 Å². The fourth-order valence-corrected chi connectivity index (χ4v) is 3.04. The fourth-order valence-electron chi connectivity index (χ4n) is 2.52. The number of nitrogens with zero attached hydrogens (tertiary/aromatic N) is 1. The molecule has 0 N–H and O–H groups in total. The second-order valence-electron chi connectivity index (χ2n) is 7.46. The van der Waals surface area contributed by atoms with Crippen molar-refractivity contribution in [2.45, 2.75) is 39.5 Å². The minimum atomic E-state index is -0.552. The normalized spacial score (nSPS) is 11.2. The molecule has 0 saturated carbocycles. The van der Waals surface area contributed by atoms with Crippen LogP contribution in [0.5, 0.6) is 5.75 Å². The van der Waals surface area contributed by atoms with E-state index < -0.39 is 5.60 Å². The van der Waals surface area contributed by atoms with Crippen LogP contribution in [-0.4, -0.2) is 36.9 Å². The Bertz CT molecular complexity index is 759. The predicted molar refractivity (Wildman–Crippen MR) is 113 cm³/mol. The maximum absolute atomic E-state index is 12.6. The van der Waals surface area contributed by atoms with Crippen LogP contribution in [0.4, 0.5) is 4.79 Å². The summed E-state index contributed by atoms with van der Waals surface area (Å²) in [6, 6.07) is 15.8. The molecule has 0 spiro atoms. The van der Waals surface area contributed by atoms with Crippen LogP contribution in [-0.2, 0) is 22.6 Å². The number of benzene rings is 2. The molecular formula is C22H28BrNO4. The van der Waals surface area contributed by atoms with E-state index in [0.717, 1.165) is 21.3 Å². The first-order valence-electron chi connectivity index (χ1n) is 9.20. The van der Waals surface area contributed by atoms with Gasteiger partial charge in [-0.1, -0.05) is 46.3 Å². The molecule has 0 bridgehead atoms. The third-order valence-corrected chi connectivity index (χ3v) is 4.23. The summed E-state index contributed by atoms with van der Waals surface area (Å²) < 4.78 is 17.5. The highest BCUT2D eigenvalue weighted by Crippen LogP contribution is 2.24. The summed E-state index contributed by atoms with van der Waals surface area (Å²) in [5.74, 6) is 0.740. The number of halogens is 1. The molecule has 5 nitrogen and oxygen atoms in total. The number of hydrogen-bond acceptors (Lipinski definition) is 4. The molecule has 0 radical (unpaired) electrons. The molecule has 1 amide bonds. The van der Waals surface area contributed by atoms with Gasteiger partial charge >= 0.3 is 6.09 Å². The molecule has 0 aliphatic rings. The number of amides is 1. The first-order valence-corrected chi connectivity index (χ1v) is 9.99. The monoisotopic (exact) mass is 449 g/mol. The summed E-state index contributed by atoms with van der Waals surface area (Å²) in [5.41, 5.74) is 1.49. The van der Waals surface area contributed by atoms with Gasteiger partial charge in [-0.05, 0) is 50.1 Å². The maximum Gasteiger partial charge on any atom is 0.410 e. The van der Waals surface area contributed by atoms with Crippen LogP contribution in [0, 0.1) is 0 Å². The smallest absolute Gasteiger partial charge is 0.410 e. The molecule has 0 atom stereocenters. The topological polar surface area (TPSA) is 48.0 Å². The second-order valence-corrected chi connectivity index (χ2v) is 8.38. The second kappa shape index (κ2) is 10.5. The Morgan fingerprint density at radius 1 is 1.07 bits per heavy atom. The van der Waals surface area contributed by atoms with Crippen molar-refractivity contribution in [2.24, 2.45) is 0 Å². The Morgan fingerprint density at radius 2 is 1.79 bits per heavy atom. The van der Waals surface area contributed by atoms with E-state index in [1.165, 1.54) is 0 Å². The van der Waals surface area contributed by atoms with E-state index in [-0.39, 0.29) is 6.09 Å². The highest BCUT2D eigenvalue weighted by Gasteiger charge is 2.22. The molecule has 0 aliphatic carbocycles. The van der Waals surface area contributed by atoms with Crippen molar-refractivity contribution in [3.8, 4) is 5.75 Å².